The molecule has 1 aromatic rings. The molecule has 2 heterocycles. The number of epoxide rings is 1. The van der Waals surface area contributed by atoms with Gasteiger partial charge in [0.15, 0.2) is 0 Å². The Hall–Kier alpha value is -1.63. The highest BCUT2D eigenvalue weighted by Crippen LogP contribution is 2.37. The monoisotopic (exact) mass is 293 g/mol. The van der Waals surface area contributed by atoms with Crippen molar-refractivity contribution < 1.29 is 23.7 Å². The minimum atomic E-state index is -0.816. The van der Waals surface area contributed by atoms with E-state index in [0.717, 1.165) is 5.56 Å². The zero-order valence-corrected chi connectivity index (χ0v) is 11.8. The lowest BCUT2D eigenvalue weighted by atomic mass is 9.98. The van der Waals surface area contributed by atoms with Crippen LogP contribution in [-0.4, -0.2) is 50.3 Å². The molecule has 0 aromatic heterocycles. The van der Waals surface area contributed by atoms with E-state index < -0.39 is 18.3 Å². The number of hydrogen-bond acceptors (Lipinski definition) is 5. The van der Waals surface area contributed by atoms with E-state index >= 15 is 0 Å². The Bertz CT molecular complexity index is 494. The third-order valence-electron chi connectivity index (χ3n) is 3.91. The smallest absolute Gasteiger partial charge is 0.404 e. The topological polar surface area (TPSA) is 83.3 Å². The van der Waals surface area contributed by atoms with Gasteiger partial charge in [-0.1, -0.05) is 30.3 Å². The van der Waals surface area contributed by atoms with Gasteiger partial charge in [0.05, 0.1) is 6.61 Å². The Kier molecular flexibility index (Phi) is 4.10. The van der Waals surface area contributed by atoms with E-state index in [1.165, 1.54) is 0 Å². The summed E-state index contributed by atoms with van der Waals surface area (Å²) in [7, 11) is 1.58. The number of carbonyl (C=O) groups excluding carboxylic acids is 1. The number of primary amides is 1. The molecule has 1 amide bonds. The fraction of sp³-hybridized carbons (Fsp3) is 0.533. The summed E-state index contributed by atoms with van der Waals surface area (Å²) in [6.45, 7) is 0.559. The summed E-state index contributed by atoms with van der Waals surface area (Å²) < 4.78 is 22.0. The SMILES string of the molecule is CO[C@@H](C(Cc1ccccc1)OC(N)=O)[C@H]1OC[C@@H]2O[C@H]12. The van der Waals surface area contributed by atoms with E-state index in [9.17, 15) is 4.79 Å². The van der Waals surface area contributed by atoms with Crippen molar-refractivity contribution in [2.75, 3.05) is 13.7 Å². The largest absolute Gasteiger partial charge is 0.443 e. The van der Waals surface area contributed by atoms with Crippen LogP contribution in [0.3, 0.4) is 0 Å². The van der Waals surface area contributed by atoms with Gasteiger partial charge in [0.2, 0.25) is 0 Å². The molecule has 0 spiro atoms. The van der Waals surface area contributed by atoms with Gasteiger partial charge in [-0.3, -0.25) is 0 Å². The molecule has 2 aliphatic heterocycles. The van der Waals surface area contributed by atoms with Crippen LogP contribution in [0.2, 0.25) is 0 Å². The van der Waals surface area contributed by atoms with Crippen molar-refractivity contribution in [3.63, 3.8) is 0 Å². The molecule has 2 N–H and O–H groups in total. The molecule has 2 fully saturated rings. The van der Waals surface area contributed by atoms with Gasteiger partial charge in [-0.05, 0) is 5.56 Å². The average Bonchev–Trinajstić information content (AvgIpc) is 3.14. The van der Waals surface area contributed by atoms with Crippen LogP contribution in [-0.2, 0) is 25.4 Å². The van der Waals surface area contributed by atoms with Gasteiger partial charge in [0.1, 0.15) is 30.5 Å². The van der Waals surface area contributed by atoms with E-state index in [-0.39, 0.29) is 18.3 Å². The lowest BCUT2D eigenvalue weighted by Gasteiger charge is -2.29. The van der Waals surface area contributed by atoms with E-state index in [0.29, 0.717) is 13.0 Å². The average molecular weight is 293 g/mol. The van der Waals surface area contributed by atoms with Crippen molar-refractivity contribution >= 4 is 6.09 Å². The van der Waals surface area contributed by atoms with Crippen LogP contribution in [0.5, 0.6) is 0 Å². The number of rotatable bonds is 6. The molecule has 5 atom stereocenters. The normalized spacial score (nSPS) is 29.5. The lowest BCUT2D eigenvalue weighted by Crippen LogP contribution is -2.46. The summed E-state index contributed by atoms with van der Waals surface area (Å²) in [5.41, 5.74) is 6.23. The molecule has 0 radical (unpaired) electrons. The Morgan fingerprint density at radius 3 is 2.71 bits per heavy atom. The van der Waals surface area contributed by atoms with Crippen LogP contribution in [0.25, 0.3) is 0 Å². The molecule has 1 aromatic carbocycles. The molecule has 0 saturated carbocycles. The first-order valence-electron chi connectivity index (χ1n) is 6.99. The molecule has 0 bridgehead atoms. The molecule has 0 aliphatic carbocycles. The van der Waals surface area contributed by atoms with Crippen LogP contribution in [0.15, 0.2) is 30.3 Å². The molecule has 6 heteroatoms. The highest BCUT2D eigenvalue weighted by Gasteiger charge is 2.56. The highest BCUT2D eigenvalue weighted by molar-refractivity contribution is 5.64. The quantitative estimate of drug-likeness (QED) is 0.787. The molecule has 2 aliphatic rings. The van der Waals surface area contributed by atoms with Crippen molar-refractivity contribution in [2.24, 2.45) is 5.73 Å². The van der Waals surface area contributed by atoms with E-state index in [1.54, 1.807) is 7.11 Å². The molecule has 6 nitrogen and oxygen atoms in total. The van der Waals surface area contributed by atoms with Crippen molar-refractivity contribution in [3.8, 4) is 0 Å². The maximum absolute atomic E-state index is 11.2. The van der Waals surface area contributed by atoms with Gasteiger partial charge in [-0.25, -0.2) is 4.79 Å². The first-order chi connectivity index (χ1) is 10.2. The Balaban J connectivity index is 1.74. The molecule has 21 heavy (non-hydrogen) atoms. The number of benzene rings is 1. The summed E-state index contributed by atoms with van der Waals surface area (Å²) >= 11 is 0. The van der Waals surface area contributed by atoms with Crippen molar-refractivity contribution in [3.05, 3.63) is 35.9 Å². The third kappa shape index (κ3) is 3.18. The number of nitrogens with two attached hydrogens (primary N) is 1. The summed E-state index contributed by atoms with van der Waals surface area (Å²) in [6.07, 6.45) is -1.27. The number of methoxy groups -OCH3 is 1. The Labute approximate surface area is 123 Å². The van der Waals surface area contributed by atoms with Gasteiger partial charge >= 0.3 is 6.09 Å². The maximum atomic E-state index is 11.2. The lowest BCUT2D eigenvalue weighted by molar-refractivity contribution is -0.112. The standard InChI is InChI=1S/C15H19NO5/c1-18-12(14-13-11(20-13)8-19-14)10(21-15(16)17)7-9-5-3-2-4-6-9/h2-6,10-14H,7-8H2,1H3,(H2,16,17)/t10?,11-,12-,13-,14+/m0/s1. The van der Waals surface area contributed by atoms with Gasteiger partial charge in [-0.15, -0.1) is 0 Å². The number of amides is 1. The molecule has 2 saturated heterocycles. The molecule has 3 rings (SSSR count). The van der Waals surface area contributed by atoms with Crippen LogP contribution in [0, 0.1) is 0 Å². The summed E-state index contributed by atoms with van der Waals surface area (Å²) in [4.78, 5) is 11.2. The van der Waals surface area contributed by atoms with Crippen LogP contribution >= 0.6 is 0 Å². The van der Waals surface area contributed by atoms with Gasteiger partial charge in [0, 0.05) is 13.5 Å². The van der Waals surface area contributed by atoms with Gasteiger partial charge in [-0.2, -0.15) is 0 Å². The van der Waals surface area contributed by atoms with Crippen molar-refractivity contribution in [1.82, 2.24) is 0 Å². The zero-order valence-electron chi connectivity index (χ0n) is 11.8. The fourth-order valence-corrected chi connectivity index (χ4v) is 2.88. The minimum absolute atomic E-state index is 0.0321. The van der Waals surface area contributed by atoms with Gasteiger partial charge < -0.3 is 24.7 Å². The second-order valence-corrected chi connectivity index (χ2v) is 5.30. The van der Waals surface area contributed by atoms with E-state index in [4.69, 9.17) is 24.7 Å². The molecular weight excluding hydrogens is 274 g/mol. The van der Waals surface area contributed by atoms with E-state index in [1.807, 2.05) is 30.3 Å². The van der Waals surface area contributed by atoms with Crippen LogP contribution < -0.4 is 5.73 Å². The highest BCUT2D eigenvalue weighted by atomic mass is 16.7. The van der Waals surface area contributed by atoms with Crippen LogP contribution in [0.4, 0.5) is 4.79 Å². The minimum Gasteiger partial charge on any atom is -0.443 e. The number of fused-ring (bicyclic) bond motifs is 1. The molecule has 114 valence electrons. The Morgan fingerprint density at radius 2 is 2.19 bits per heavy atom. The number of hydrogen-bond donors (Lipinski definition) is 1. The summed E-state index contributed by atoms with van der Waals surface area (Å²) in [6, 6.07) is 9.74. The van der Waals surface area contributed by atoms with Crippen molar-refractivity contribution in [2.45, 2.75) is 36.9 Å². The van der Waals surface area contributed by atoms with Crippen LogP contribution in [0.1, 0.15) is 5.56 Å². The predicted molar refractivity (Wildman–Crippen MR) is 73.8 cm³/mol. The predicted octanol–water partition coefficient (Wildman–Crippen LogP) is 0.874. The second kappa shape index (κ2) is 6.01. The first-order valence-corrected chi connectivity index (χ1v) is 6.99. The summed E-state index contributed by atoms with van der Waals surface area (Å²) in [5, 5.41) is 0. The third-order valence-corrected chi connectivity index (χ3v) is 3.91. The summed E-state index contributed by atoms with van der Waals surface area (Å²) in [5.74, 6) is 0. The first kappa shape index (κ1) is 14.3. The van der Waals surface area contributed by atoms with Crippen molar-refractivity contribution in [1.29, 1.82) is 0 Å². The fourth-order valence-electron chi connectivity index (χ4n) is 2.88. The Morgan fingerprint density at radius 1 is 1.43 bits per heavy atom. The molecule has 1 unspecified atom stereocenters. The number of carbonyl (C=O) groups is 1. The molecular formula is C15H19NO5. The number of ether oxygens (including phenoxy) is 4. The zero-order chi connectivity index (χ0) is 14.8. The van der Waals surface area contributed by atoms with Gasteiger partial charge in [0.25, 0.3) is 0 Å². The second-order valence-electron chi connectivity index (χ2n) is 5.30. The van der Waals surface area contributed by atoms with E-state index in [2.05, 4.69) is 0 Å². The maximum Gasteiger partial charge on any atom is 0.404 e.